The molecular formula is C19H22FN3O3. The predicted molar refractivity (Wildman–Crippen MR) is 95.3 cm³/mol. The standard InChI is InChI=1S/C19H22FN3O3/c1-12-6-14(7-13(2)22-12)10-25-16-8-23(9-16)17-5-3-4-15(18(17)20)11-26-19(21)24/h3-7,16H,8-11H2,1-2H3,(H2,21,24). The van der Waals surface area contributed by atoms with Crippen molar-refractivity contribution in [2.24, 2.45) is 5.73 Å². The third-order valence-corrected chi connectivity index (χ3v) is 4.24. The van der Waals surface area contributed by atoms with E-state index < -0.39 is 11.9 Å². The third-order valence-electron chi connectivity index (χ3n) is 4.24. The van der Waals surface area contributed by atoms with Crippen LogP contribution in [0.2, 0.25) is 0 Å². The highest BCUT2D eigenvalue weighted by atomic mass is 19.1. The summed E-state index contributed by atoms with van der Waals surface area (Å²) in [5.74, 6) is -0.396. The maximum absolute atomic E-state index is 14.5. The number of nitrogens with two attached hydrogens (primary N) is 1. The summed E-state index contributed by atoms with van der Waals surface area (Å²) in [4.78, 5) is 16.9. The number of amides is 1. The van der Waals surface area contributed by atoms with Crippen molar-refractivity contribution >= 4 is 11.8 Å². The Morgan fingerprint density at radius 2 is 1.96 bits per heavy atom. The van der Waals surface area contributed by atoms with Crippen molar-refractivity contribution in [2.45, 2.75) is 33.2 Å². The average molecular weight is 359 g/mol. The molecule has 0 spiro atoms. The quantitative estimate of drug-likeness (QED) is 0.858. The summed E-state index contributed by atoms with van der Waals surface area (Å²) in [6.07, 6.45) is -0.873. The molecule has 1 aliphatic rings. The van der Waals surface area contributed by atoms with Crippen LogP contribution in [-0.2, 0) is 22.7 Å². The number of rotatable bonds is 6. The number of hydrogen-bond acceptors (Lipinski definition) is 5. The van der Waals surface area contributed by atoms with E-state index in [0.29, 0.717) is 30.9 Å². The minimum Gasteiger partial charge on any atom is -0.445 e. The van der Waals surface area contributed by atoms with E-state index in [-0.39, 0.29) is 12.7 Å². The van der Waals surface area contributed by atoms with Crippen LogP contribution in [0, 0.1) is 19.7 Å². The van der Waals surface area contributed by atoms with Gasteiger partial charge in [-0.3, -0.25) is 4.98 Å². The van der Waals surface area contributed by atoms with Crippen molar-refractivity contribution in [3.63, 3.8) is 0 Å². The van der Waals surface area contributed by atoms with Gasteiger partial charge in [-0.25, -0.2) is 9.18 Å². The van der Waals surface area contributed by atoms with Gasteiger partial charge in [0.15, 0.2) is 5.82 Å². The maximum atomic E-state index is 14.5. The molecule has 1 amide bonds. The van der Waals surface area contributed by atoms with Gasteiger partial charge in [0.25, 0.3) is 0 Å². The first-order chi connectivity index (χ1) is 12.4. The molecule has 138 valence electrons. The lowest BCUT2D eigenvalue weighted by Crippen LogP contribution is -2.52. The summed E-state index contributed by atoms with van der Waals surface area (Å²) in [6.45, 7) is 5.47. The number of halogens is 1. The van der Waals surface area contributed by atoms with Gasteiger partial charge < -0.3 is 20.1 Å². The van der Waals surface area contributed by atoms with Gasteiger partial charge in [0.05, 0.1) is 18.4 Å². The molecule has 26 heavy (non-hydrogen) atoms. The molecule has 0 saturated carbocycles. The molecule has 7 heteroatoms. The number of benzene rings is 1. The lowest BCUT2D eigenvalue weighted by atomic mass is 10.1. The van der Waals surface area contributed by atoms with E-state index >= 15 is 0 Å². The highest BCUT2D eigenvalue weighted by Gasteiger charge is 2.30. The van der Waals surface area contributed by atoms with Gasteiger partial charge in [-0.15, -0.1) is 0 Å². The second-order valence-corrected chi connectivity index (χ2v) is 6.45. The summed E-state index contributed by atoms with van der Waals surface area (Å²) >= 11 is 0. The molecule has 3 rings (SSSR count). The fraction of sp³-hybridized carbons (Fsp3) is 0.368. The van der Waals surface area contributed by atoms with Gasteiger partial charge in [-0.05, 0) is 37.6 Å². The van der Waals surface area contributed by atoms with Crippen LogP contribution in [0.15, 0.2) is 30.3 Å². The molecule has 6 nitrogen and oxygen atoms in total. The summed E-state index contributed by atoms with van der Waals surface area (Å²) in [7, 11) is 0. The van der Waals surface area contributed by atoms with Crippen molar-refractivity contribution in [3.05, 3.63) is 58.7 Å². The number of anilines is 1. The molecule has 0 unspecified atom stereocenters. The zero-order valence-corrected chi connectivity index (χ0v) is 14.9. The van der Waals surface area contributed by atoms with E-state index in [0.717, 1.165) is 17.0 Å². The van der Waals surface area contributed by atoms with Crippen molar-refractivity contribution in [1.82, 2.24) is 4.98 Å². The first kappa shape index (κ1) is 18.1. The number of aromatic nitrogens is 1. The van der Waals surface area contributed by atoms with Gasteiger partial charge in [0.1, 0.15) is 6.61 Å². The predicted octanol–water partition coefficient (Wildman–Crippen LogP) is 2.84. The van der Waals surface area contributed by atoms with E-state index in [4.69, 9.17) is 10.5 Å². The van der Waals surface area contributed by atoms with Crippen LogP contribution < -0.4 is 10.6 Å². The van der Waals surface area contributed by atoms with Gasteiger partial charge in [-0.2, -0.15) is 0 Å². The fourth-order valence-electron chi connectivity index (χ4n) is 3.03. The molecular weight excluding hydrogens is 337 g/mol. The summed E-state index contributed by atoms with van der Waals surface area (Å²) in [5, 5.41) is 0. The number of nitrogens with zero attached hydrogens (tertiary/aromatic N) is 2. The van der Waals surface area contributed by atoms with E-state index in [2.05, 4.69) is 9.72 Å². The average Bonchev–Trinajstić information content (AvgIpc) is 2.52. The topological polar surface area (TPSA) is 77.7 Å². The van der Waals surface area contributed by atoms with Crippen LogP contribution in [0.4, 0.5) is 14.9 Å². The largest absolute Gasteiger partial charge is 0.445 e. The molecule has 1 saturated heterocycles. The van der Waals surface area contributed by atoms with Crippen LogP contribution in [-0.4, -0.2) is 30.3 Å². The number of carbonyl (C=O) groups excluding carboxylic acids is 1. The van der Waals surface area contributed by atoms with Gasteiger partial charge >= 0.3 is 6.09 Å². The lowest BCUT2D eigenvalue weighted by Gasteiger charge is -2.41. The number of primary amides is 1. The highest BCUT2D eigenvalue weighted by molar-refractivity contribution is 5.64. The smallest absolute Gasteiger partial charge is 0.404 e. The highest BCUT2D eigenvalue weighted by Crippen LogP contribution is 2.28. The molecule has 2 heterocycles. The van der Waals surface area contributed by atoms with Crippen molar-refractivity contribution in [3.8, 4) is 0 Å². The Morgan fingerprint density at radius 1 is 1.27 bits per heavy atom. The number of ether oxygens (including phenoxy) is 2. The van der Waals surface area contributed by atoms with Crippen LogP contribution >= 0.6 is 0 Å². The van der Waals surface area contributed by atoms with Gasteiger partial charge in [-0.1, -0.05) is 12.1 Å². The monoisotopic (exact) mass is 359 g/mol. The molecule has 2 N–H and O–H groups in total. The number of carbonyl (C=O) groups is 1. The zero-order valence-electron chi connectivity index (χ0n) is 14.9. The molecule has 2 aromatic rings. The third kappa shape index (κ3) is 4.29. The molecule has 1 fully saturated rings. The summed E-state index contributed by atoms with van der Waals surface area (Å²) < 4.78 is 25.1. The van der Waals surface area contributed by atoms with E-state index in [9.17, 15) is 9.18 Å². The van der Waals surface area contributed by atoms with E-state index in [1.54, 1.807) is 18.2 Å². The Balaban J connectivity index is 1.54. The fourth-order valence-corrected chi connectivity index (χ4v) is 3.03. The molecule has 0 bridgehead atoms. The molecule has 1 aromatic heterocycles. The van der Waals surface area contributed by atoms with Gasteiger partial charge in [0, 0.05) is 30.0 Å². The second kappa shape index (κ2) is 7.70. The zero-order chi connectivity index (χ0) is 18.7. The molecule has 1 aliphatic heterocycles. The Bertz CT molecular complexity index is 786. The van der Waals surface area contributed by atoms with Crippen LogP contribution in [0.5, 0.6) is 0 Å². The Morgan fingerprint density at radius 3 is 2.62 bits per heavy atom. The Hall–Kier alpha value is -2.67. The van der Waals surface area contributed by atoms with Crippen molar-refractivity contribution < 1.29 is 18.7 Å². The van der Waals surface area contributed by atoms with Crippen LogP contribution in [0.1, 0.15) is 22.5 Å². The van der Waals surface area contributed by atoms with Crippen molar-refractivity contribution in [2.75, 3.05) is 18.0 Å². The molecule has 0 radical (unpaired) electrons. The Kier molecular flexibility index (Phi) is 5.37. The molecule has 1 aromatic carbocycles. The first-order valence-electron chi connectivity index (χ1n) is 8.42. The maximum Gasteiger partial charge on any atom is 0.404 e. The van der Waals surface area contributed by atoms with Gasteiger partial charge in [0.2, 0.25) is 0 Å². The number of pyridine rings is 1. The Labute approximate surface area is 151 Å². The van der Waals surface area contributed by atoms with E-state index in [1.165, 1.54) is 0 Å². The normalized spacial score (nSPS) is 14.2. The first-order valence-corrected chi connectivity index (χ1v) is 8.42. The summed E-state index contributed by atoms with van der Waals surface area (Å²) in [5.41, 5.74) is 8.73. The van der Waals surface area contributed by atoms with E-state index in [1.807, 2.05) is 30.9 Å². The molecule has 0 aliphatic carbocycles. The second-order valence-electron chi connectivity index (χ2n) is 6.45. The van der Waals surface area contributed by atoms with Crippen LogP contribution in [0.25, 0.3) is 0 Å². The summed E-state index contributed by atoms with van der Waals surface area (Å²) in [6, 6.07) is 9.02. The van der Waals surface area contributed by atoms with Crippen molar-refractivity contribution in [1.29, 1.82) is 0 Å². The number of hydrogen-bond donors (Lipinski definition) is 1. The van der Waals surface area contributed by atoms with Crippen LogP contribution in [0.3, 0.4) is 0 Å². The molecule has 0 atom stereocenters. The minimum absolute atomic E-state index is 0.0497. The SMILES string of the molecule is Cc1cc(COC2CN(c3cccc(COC(N)=O)c3F)C2)cc(C)n1. The minimum atomic E-state index is -0.922. The lowest BCUT2D eigenvalue weighted by molar-refractivity contribution is 0.0221. The number of aryl methyl sites for hydroxylation is 2.